The largest absolute Gasteiger partial charge is 0.444 e. The summed E-state index contributed by atoms with van der Waals surface area (Å²) in [4.78, 5) is 11.7. The van der Waals surface area contributed by atoms with Gasteiger partial charge in [0.2, 0.25) is 0 Å². The van der Waals surface area contributed by atoms with E-state index >= 15 is 0 Å². The number of aliphatic hydroxyl groups excluding tert-OH is 1. The molecule has 124 valence electrons. The number of rotatable bonds is 5. The second-order valence-electron chi connectivity index (χ2n) is 7.41. The monoisotopic (exact) mass is 300 g/mol. The number of amides is 1. The molecule has 0 aromatic heterocycles. The third-order valence-electron chi connectivity index (χ3n) is 3.82. The van der Waals surface area contributed by atoms with E-state index in [9.17, 15) is 9.90 Å². The Bertz CT molecular complexity index is 318. The quantitative estimate of drug-likeness (QED) is 0.729. The number of carbonyl (C=O) groups is 1. The lowest BCUT2D eigenvalue weighted by Gasteiger charge is -2.32. The second kappa shape index (κ2) is 7.99. The summed E-state index contributed by atoms with van der Waals surface area (Å²) in [6, 6.07) is 0.652. The molecule has 1 atom stereocenters. The van der Waals surface area contributed by atoms with Gasteiger partial charge in [-0.25, -0.2) is 4.79 Å². The van der Waals surface area contributed by atoms with Gasteiger partial charge in [0.1, 0.15) is 5.60 Å². The first-order valence-corrected chi connectivity index (χ1v) is 8.08. The Labute approximate surface area is 128 Å². The average Bonchev–Trinajstić information content (AvgIpc) is 2.34. The molecule has 0 aromatic rings. The van der Waals surface area contributed by atoms with Crippen LogP contribution in [0.25, 0.3) is 0 Å². The summed E-state index contributed by atoms with van der Waals surface area (Å²) in [5, 5.41) is 16.0. The third kappa shape index (κ3) is 7.67. The molecule has 1 fully saturated rings. The van der Waals surface area contributed by atoms with Gasteiger partial charge in [0, 0.05) is 18.6 Å². The van der Waals surface area contributed by atoms with Gasteiger partial charge in [-0.1, -0.05) is 13.8 Å². The summed E-state index contributed by atoms with van der Waals surface area (Å²) in [6.45, 7) is 10.4. The molecule has 0 saturated heterocycles. The van der Waals surface area contributed by atoms with Crippen molar-refractivity contribution < 1.29 is 14.6 Å². The number of nitrogens with one attached hydrogen (secondary N) is 2. The first kappa shape index (κ1) is 18.2. The lowest BCUT2D eigenvalue weighted by Crippen LogP contribution is -2.50. The summed E-state index contributed by atoms with van der Waals surface area (Å²) in [6.07, 6.45) is 3.21. The van der Waals surface area contributed by atoms with E-state index in [1.54, 1.807) is 0 Å². The predicted molar refractivity (Wildman–Crippen MR) is 84.3 cm³/mol. The molecule has 1 amide bonds. The van der Waals surface area contributed by atoms with Crippen LogP contribution in [-0.2, 0) is 4.74 Å². The first-order valence-electron chi connectivity index (χ1n) is 8.08. The van der Waals surface area contributed by atoms with E-state index in [1.165, 1.54) is 0 Å². The number of ether oxygens (including phenoxy) is 1. The van der Waals surface area contributed by atoms with Crippen LogP contribution in [0.4, 0.5) is 4.79 Å². The fourth-order valence-corrected chi connectivity index (χ4v) is 2.54. The minimum Gasteiger partial charge on any atom is -0.444 e. The van der Waals surface area contributed by atoms with Crippen LogP contribution in [-0.4, -0.2) is 41.5 Å². The second-order valence-corrected chi connectivity index (χ2v) is 7.41. The topological polar surface area (TPSA) is 70.6 Å². The Hall–Kier alpha value is -0.810. The van der Waals surface area contributed by atoms with Crippen LogP contribution in [0, 0.1) is 5.92 Å². The van der Waals surface area contributed by atoms with Gasteiger partial charge in [0.25, 0.3) is 0 Å². The zero-order valence-corrected chi connectivity index (χ0v) is 14.1. The number of alkyl carbamates (subject to hydrolysis) is 1. The van der Waals surface area contributed by atoms with Crippen molar-refractivity contribution in [1.29, 1.82) is 0 Å². The van der Waals surface area contributed by atoms with Gasteiger partial charge in [-0.15, -0.1) is 0 Å². The van der Waals surface area contributed by atoms with Crippen LogP contribution in [0.5, 0.6) is 0 Å². The standard InChI is InChI=1S/C16H32N2O3/c1-11(2)14(10-17-15(20)21-16(3,4)5)18-12-6-8-13(19)9-7-12/h11-14,18-19H,6-10H2,1-5H3,(H,17,20). The first-order chi connectivity index (χ1) is 9.67. The third-order valence-corrected chi connectivity index (χ3v) is 3.82. The molecule has 5 heteroatoms. The maximum Gasteiger partial charge on any atom is 0.407 e. The van der Waals surface area contributed by atoms with Gasteiger partial charge in [0.15, 0.2) is 0 Å². The van der Waals surface area contributed by atoms with E-state index < -0.39 is 5.60 Å². The molecule has 1 unspecified atom stereocenters. The summed E-state index contributed by atoms with van der Waals surface area (Å²) in [5.74, 6) is 0.423. The van der Waals surface area contributed by atoms with Crippen LogP contribution in [0.3, 0.4) is 0 Å². The summed E-state index contributed by atoms with van der Waals surface area (Å²) >= 11 is 0. The fraction of sp³-hybridized carbons (Fsp3) is 0.938. The lowest BCUT2D eigenvalue weighted by molar-refractivity contribution is 0.0516. The van der Waals surface area contributed by atoms with Crippen LogP contribution in [0.15, 0.2) is 0 Å². The van der Waals surface area contributed by atoms with Gasteiger partial charge in [-0.05, 0) is 52.4 Å². The maximum absolute atomic E-state index is 11.7. The molecule has 0 radical (unpaired) electrons. The normalized spacial score (nSPS) is 24.7. The number of hydrogen-bond donors (Lipinski definition) is 3. The Balaban J connectivity index is 2.38. The van der Waals surface area contributed by atoms with Gasteiger partial charge in [-0.3, -0.25) is 0 Å². The highest BCUT2D eigenvalue weighted by Gasteiger charge is 2.24. The van der Waals surface area contributed by atoms with Crippen molar-refractivity contribution in [2.75, 3.05) is 6.54 Å². The molecule has 0 aromatic carbocycles. The average molecular weight is 300 g/mol. The van der Waals surface area contributed by atoms with Gasteiger partial charge >= 0.3 is 6.09 Å². The predicted octanol–water partition coefficient (Wildman–Crippen LogP) is 2.43. The number of carbonyl (C=O) groups excluding carboxylic acids is 1. The van der Waals surface area contributed by atoms with E-state index in [-0.39, 0.29) is 18.2 Å². The zero-order chi connectivity index (χ0) is 16.0. The molecule has 5 nitrogen and oxygen atoms in total. The smallest absolute Gasteiger partial charge is 0.407 e. The molecule has 0 bridgehead atoms. The molecule has 1 aliphatic carbocycles. The number of hydrogen-bond acceptors (Lipinski definition) is 4. The summed E-state index contributed by atoms with van der Waals surface area (Å²) in [5.41, 5.74) is -0.468. The van der Waals surface area contributed by atoms with Crippen molar-refractivity contribution in [1.82, 2.24) is 10.6 Å². The Morgan fingerprint density at radius 1 is 1.24 bits per heavy atom. The Morgan fingerprint density at radius 3 is 2.29 bits per heavy atom. The molecule has 1 saturated carbocycles. The maximum atomic E-state index is 11.7. The molecule has 21 heavy (non-hydrogen) atoms. The summed E-state index contributed by atoms with van der Waals surface area (Å²) < 4.78 is 5.26. The van der Waals surface area contributed by atoms with Crippen molar-refractivity contribution in [3.63, 3.8) is 0 Å². The van der Waals surface area contributed by atoms with Crippen LogP contribution < -0.4 is 10.6 Å². The Morgan fingerprint density at radius 2 is 1.81 bits per heavy atom. The molecule has 1 aliphatic rings. The van der Waals surface area contributed by atoms with Crippen molar-refractivity contribution in [3.8, 4) is 0 Å². The molecular weight excluding hydrogens is 268 g/mol. The molecule has 1 rings (SSSR count). The van der Waals surface area contributed by atoms with Crippen molar-refractivity contribution >= 4 is 6.09 Å². The summed E-state index contributed by atoms with van der Waals surface area (Å²) in [7, 11) is 0. The molecule has 3 N–H and O–H groups in total. The minimum absolute atomic E-state index is 0.138. The van der Waals surface area contributed by atoms with Gasteiger partial charge in [-0.2, -0.15) is 0 Å². The molecule has 0 spiro atoms. The highest BCUT2D eigenvalue weighted by molar-refractivity contribution is 5.67. The van der Waals surface area contributed by atoms with E-state index in [0.717, 1.165) is 25.7 Å². The van der Waals surface area contributed by atoms with Crippen LogP contribution in [0.1, 0.15) is 60.3 Å². The van der Waals surface area contributed by atoms with Gasteiger partial charge in [0.05, 0.1) is 6.10 Å². The Kier molecular flexibility index (Phi) is 6.94. The van der Waals surface area contributed by atoms with Crippen LogP contribution >= 0.6 is 0 Å². The van der Waals surface area contributed by atoms with E-state index in [0.29, 0.717) is 18.5 Å². The zero-order valence-electron chi connectivity index (χ0n) is 14.1. The SMILES string of the molecule is CC(C)C(CNC(=O)OC(C)(C)C)NC1CCC(O)CC1. The lowest BCUT2D eigenvalue weighted by atomic mass is 9.91. The van der Waals surface area contributed by atoms with E-state index in [2.05, 4.69) is 24.5 Å². The van der Waals surface area contributed by atoms with Crippen molar-refractivity contribution in [2.24, 2.45) is 5.92 Å². The van der Waals surface area contributed by atoms with Crippen molar-refractivity contribution in [3.05, 3.63) is 0 Å². The molecule has 0 aliphatic heterocycles. The van der Waals surface area contributed by atoms with Crippen molar-refractivity contribution in [2.45, 2.75) is 84.1 Å². The minimum atomic E-state index is -0.468. The van der Waals surface area contributed by atoms with Gasteiger partial charge < -0.3 is 20.5 Å². The van der Waals surface area contributed by atoms with Crippen LogP contribution in [0.2, 0.25) is 0 Å². The van der Waals surface area contributed by atoms with E-state index in [4.69, 9.17) is 4.74 Å². The highest BCUT2D eigenvalue weighted by atomic mass is 16.6. The van der Waals surface area contributed by atoms with E-state index in [1.807, 2.05) is 20.8 Å². The fourth-order valence-electron chi connectivity index (χ4n) is 2.54. The highest BCUT2D eigenvalue weighted by Crippen LogP contribution is 2.19. The molecule has 0 heterocycles. The molecular formula is C16H32N2O3. The number of aliphatic hydroxyl groups is 1.